The van der Waals surface area contributed by atoms with Crippen LogP contribution in [0.1, 0.15) is 23.7 Å². The fraction of sp³-hybridized carbons (Fsp3) is 0.364. The zero-order valence-electron chi connectivity index (χ0n) is 9.65. The third-order valence-corrected chi connectivity index (χ3v) is 3.20. The van der Waals surface area contributed by atoms with Gasteiger partial charge in [0.25, 0.3) is 11.6 Å². The zero-order valence-corrected chi connectivity index (χ0v) is 11.2. The molecule has 0 aliphatic heterocycles. The summed E-state index contributed by atoms with van der Waals surface area (Å²) >= 11 is 3.23. The zero-order chi connectivity index (χ0) is 13.7. The number of amides is 1. The molecule has 0 saturated carbocycles. The molecule has 0 aromatic heterocycles. The van der Waals surface area contributed by atoms with E-state index in [1.807, 2.05) is 6.92 Å². The van der Waals surface area contributed by atoms with Gasteiger partial charge in [-0.2, -0.15) is 0 Å². The Morgan fingerprint density at radius 1 is 1.61 bits per heavy atom. The van der Waals surface area contributed by atoms with Crippen LogP contribution in [0.15, 0.2) is 18.2 Å². The maximum atomic E-state index is 13.5. The fourth-order valence-electron chi connectivity index (χ4n) is 1.31. The molecular formula is C11H12BrFN2O3. The number of nitrogens with one attached hydrogen (secondary N) is 1. The fourth-order valence-corrected chi connectivity index (χ4v) is 1.93. The number of nitrogens with zero attached hydrogens (tertiary/aromatic N) is 1. The number of carbonyl (C=O) groups excluding carboxylic acids is 1. The Bertz CT molecular complexity index is 464. The van der Waals surface area contributed by atoms with E-state index in [0.717, 1.165) is 18.2 Å². The Balaban J connectivity index is 2.90. The van der Waals surface area contributed by atoms with Gasteiger partial charge in [-0.05, 0) is 12.5 Å². The van der Waals surface area contributed by atoms with Crippen LogP contribution in [-0.4, -0.2) is 22.2 Å². The van der Waals surface area contributed by atoms with Gasteiger partial charge >= 0.3 is 0 Å². The third-order valence-electron chi connectivity index (χ3n) is 2.42. The van der Waals surface area contributed by atoms with Crippen LogP contribution in [0.3, 0.4) is 0 Å². The van der Waals surface area contributed by atoms with Gasteiger partial charge in [0.1, 0.15) is 5.82 Å². The number of nitro groups is 1. The smallest absolute Gasteiger partial charge is 0.272 e. The summed E-state index contributed by atoms with van der Waals surface area (Å²) in [6, 6.07) is 2.85. The van der Waals surface area contributed by atoms with Gasteiger partial charge in [-0.1, -0.05) is 22.9 Å². The number of hydrogen-bond donors (Lipinski definition) is 1. The molecule has 1 unspecified atom stereocenters. The molecule has 0 aliphatic carbocycles. The number of rotatable bonds is 5. The molecule has 1 aromatic rings. The summed E-state index contributed by atoms with van der Waals surface area (Å²) in [5, 5.41) is 13.6. The molecule has 1 rings (SSSR count). The Hall–Kier alpha value is -1.50. The average molecular weight is 319 g/mol. The summed E-state index contributed by atoms with van der Waals surface area (Å²) < 4.78 is 13.5. The van der Waals surface area contributed by atoms with Crippen molar-refractivity contribution in [2.24, 2.45) is 0 Å². The molecule has 0 spiro atoms. The normalized spacial score (nSPS) is 11.9. The van der Waals surface area contributed by atoms with Gasteiger partial charge in [0.15, 0.2) is 0 Å². The second-order valence-corrected chi connectivity index (χ2v) is 4.30. The van der Waals surface area contributed by atoms with Gasteiger partial charge in [0.05, 0.1) is 16.6 Å². The van der Waals surface area contributed by atoms with Gasteiger partial charge < -0.3 is 5.32 Å². The number of nitro benzene ring substituents is 1. The summed E-state index contributed by atoms with van der Waals surface area (Å²) in [6.07, 6.45) is 0.700. The van der Waals surface area contributed by atoms with Gasteiger partial charge in [-0.25, -0.2) is 4.39 Å². The van der Waals surface area contributed by atoms with E-state index in [4.69, 9.17) is 0 Å². The van der Waals surface area contributed by atoms with Crippen LogP contribution in [0, 0.1) is 15.9 Å². The summed E-state index contributed by atoms with van der Waals surface area (Å²) in [4.78, 5) is 21.5. The van der Waals surface area contributed by atoms with E-state index in [-0.39, 0.29) is 17.3 Å². The van der Waals surface area contributed by atoms with Crippen molar-refractivity contribution in [3.8, 4) is 0 Å². The van der Waals surface area contributed by atoms with Crippen molar-refractivity contribution in [3.05, 3.63) is 39.7 Å². The highest BCUT2D eigenvalue weighted by Crippen LogP contribution is 2.16. The molecular weight excluding hydrogens is 307 g/mol. The molecule has 0 saturated heterocycles. The van der Waals surface area contributed by atoms with Crippen molar-refractivity contribution in [2.75, 3.05) is 5.33 Å². The van der Waals surface area contributed by atoms with Crippen LogP contribution in [0.25, 0.3) is 0 Å². The summed E-state index contributed by atoms with van der Waals surface area (Å²) in [6.45, 7) is 1.89. The van der Waals surface area contributed by atoms with Gasteiger partial charge in [0, 0.05) is 17.4 Å². The van der Waals surface area contributed by atoms with Gasteiger partial charge in [-0.3, -0.25) is 14.9 Å². The minimum atomic E-state index is -0.897. The lowest BCUT2D eigenvalue weighted by atomic mass is 10.1. The first-order valence-corrected chi connectivity index (χ1v) is 6.42. The largest absolute Gasteiger partial charge is 0.348 e. The molecule has 0 radical (unpaired) electrons. The van der Waals surface area contributed by atoms with E-state index in [9.17, 15) is 19.3 Å². The first-order chi connectivity index (χ1) is 8.49. The Morgan fingerprint density at radius 3 is 2.72 bits per heavy atom. The van der Waals surface area contributed by atoms with Gasteiger partial charge in [-0.15, -0.1) is 0 Å². The summed E-state index contributed by atoms with van der Waals surface area (Å²) in [5.74, 6) is -1.47. The first-order valence-electron chi connectivity index (χ1n) is 5.30. The lowest BCUT2D eigenvalue weighted by Crippen LogP contribution is -2.35. The third kappa shape index (κ3) is 3.49. The van der Waals surface area contributed by atoms with Crippen LogP contribution < -0.4 is 5.32 Å². The van der Waals surface area contributed by atoms with Crippen LogP contribution in [0.5, 0.6) is 0 Å². The lowest BCUT2D eigenvalue weighted by Gasteiger charge is -2.14. The van der Waals surface area contributed by atoms with Crippen LogP contribution in [-0.2, 0) is 0 Å². The molecule has 5 nitrogen and oxygen atoms in total. The van der Waals surface area contributed by atoms with E-state index in [0.29, 0.717) is 11.8 Å². The molecule has 0 fully saturated rings. The SMILES string of the molecule is CCC(CBr)NC(=O)c1ccc([N+](=O)[O-])cc1F. The van der Waals surface area contributed by atoms with Crippen molar-refractivity contribution in [2.45, 2.75) is 19.4 Å². The highest BCUT2D eigenvalue weighted by Gasteiger charge is 2.17. The maximum Gasteiger partial charge on any atom is 0.272 e. The van der Waals surface area contributed by atoms with Gasteiger partial charge in [0.2, 0.25) is 0 Å². The number of non-ortho nitro benzene ring substituents is 1. The van der Waals surface area contributed by atoms with Crippen molar-refractivity contribution >= 4 is 27.5 Å². The quantitative estimate of drug-likeness (QED) is 0.515. The molecule has 0 bridgehead atoms. The molecule has 1 atom stereocenters. The Labute approximate surface area is 112 Å². The second-order valence-electron chi connectivity index (χ2n) is 3.65. The van der Waals surface area contributed by atoms with Crippen molar-refractivity contribution in [3.63, 3.8) is 0 Å². The molecule has 1 amide bonds. The Morgan fingerprint density at radius 2 is 2.28 bits per heavy atom. The highest BCUT2D eigenvalue weighted by molar-refractivity contribution is 9.09. The minimum absolute atomic E-state index is 0.105. The number of benzene rings is 1. The van der Waals surface area contributed by atoms with Crippen molar-refractivity contribution in [1.82, 2.24) is 5.32 Å². The standard InChI is InChI=1S/C11H12BrFN2O3/c1-2-7(6-12)14-11(16)9-4-3-8(15(17)18)5-10(9)13/h3-5,7H,2,6H2,1H3,(H,14,16). The monoisotopic (exact) mass is 318 g/mol. The maximum absolute atomic E-state index is 13.5. The molecule has 98 valence electrons. The van der Waals surface area contributed by atoms with E-state index in [2.05, 4.69) is 21.2 Å². The van der Waals surface area contributed by atoms with E-state index < -0.39 is 16.6 Å². The molecule has 18 heavy (non-hydrogen) atoms. The molecule has 1 N–H and O–H groups in total. The van der Waals surface area contributed by atoms with Crippen LogP contribution >= 0.6 is 15.9 Å². The predicted molar refractivity (Wildman–Crippen MR) is 68.4 cm³/mol. The van der Waals surface area contributed by atoms with E-state index >= 15 is 0 Å². The van der Waals surface area contributed by atoms with Crippen molar-refractivity contribution in [1.29, 1.82) is 0 Å². The van der Waals surface area contributed by atoms with Crippen LogP contribution in [0.4, 0.5) is 10.1 Å². The second kappa shape index (κ2) is 6.44. The molecule has 7 heteroatoms. The topological polar surface area (TPSA) is 72.2 Å². The van der Waals surface area contributed by atoms with E-state index in [1.54, 1.807) is 0 Å². The molecule has 0 heterocycles. The number of halogens is 2. The number of hydrogen-bond acceptors (Lipinski definition) is 3. The summed E-state index contributed by atoms with van der Waals surface area (Å²) in [7, 11) is 0. The highest BCUT2D eigenvalue weighted by atomic mass is 79.9. The number of alkyl halides is 1. The molecule has 1 aromatic carbocycles. The number of carbonyl (C=O) groups is 1. The lowest BCUT2D eigenvalue weighted by molar-refractivity contribution is -0.385. The first kappa shape index (κ1) is 14.6. The predicted octanol–water partition coefficient (Wildman–Crippen LogP) is 2.64. The average Bonchev–Trinajstić information content (AvgIpc) is 2.35. The Kier molecular flexibility index (Phi) is 5.21. The summed E-state index contributed by atoms with van der Waals surface area (Å²) in [5.41, 5.74) is -0.573. The molecule has 0 aliphatic rings. The van der Waals surface area contributed by atoms with Crippen LogP contribution in [0.2, 0.25) is 0 Å². The van der Waals surface area contributed by atoms with E-state index in [1.165, 1.54) is 0 Å². The van der Waals surface area contributed by atoms with Crippen molar-refractivity contribution < 1.29 is 14.1 Å². The minimum Gasteiger partial charge on any atom is -0.348 e.